The first-order valence-corrected chi connectivity index (χ1v) is 3.57. The Balaban J connectivity index is 2.42. The van der Waals surface area contributed by atoms with E-state index in [1.807, 2.05) is 0 Å². The molecule has 0 aromatic rings. The Morgan fingerprint density at radius 3 is 2.33 bits per heavy atom. The first-order valence-electron chi connectivity index (χ1n) is 2.52. The second-order valence-electron chi connectivity index (χ2n) is 1.75. The lowest BCUT2D eigenvalue weighted by Gasteiger charge is -2.12. The summed E-state index contributed by atoms with van der Waals surface area (Å²) in [6.07, 6.45) is -4.07. The van der Waals surface area contributed by atoms with Crippen LogP contribution in [0.1, 0.15) is 0 Å². The molecule has 0 amide bonds. The first kappa shape index (κ1) is 7.21. The second-order valence-corrected chi connectivity index (χ2v) is 2.96. The summed E-state index contributed by atoms with van der Waals surface area (Å²) in [4.78, 5) is 0. The molecule has 1 fully saturated rings. The average molecular weight is 157 g/mol. The molecule has 9 heavy (non-hydrogen) atoms. The Morgan fingerprint density at radius 1 is 1.44 bits per heavy atom. The Kier molecular flexibility index (Phi) is 1.91. The van der Waals surface area contributed by atoms with Crippen LogP contribution in [0, 0.1) is 0 Å². The van der Waals surface area contributed by atoms with E-state index in [2.05, 4.69) is 5.32 Å². The van der Waals surface area contributed by atoms with E-state index in [1.54, 1.807) is 0 Å². The molecule has 1 rings (SSSR count). The van der Waals surface area contributed by atoms with Crippen molar-refractivity contribution in [2.24, 2.45) is 0 Å². The average Bonchev–Trinajstić information content (AvgIpc) is 2.08. The van der Waals surface area contributed by atoms with Gasteiger partial charge in [0.1, 0.15) is 0 Å². The van der Waals surface area contributed by atoms with E-state index >= 15 is 0 Å². The van der Waals surface area contributed by atoms with Crippen LogP contribution in [0.25, 0.3) is 0 Å². The van der Waals surface area contributed by atoms with Crippen molar-refractivity contribution in [3.05, 3.63) is 0 Å². The Hall–Kier alpha value is 0.100. The molecule has 0 spiro atoms. The summed E-state index contributed by atoms with van der Waals surface area (Å²) in [5.74, 6) is 0.560. The molecule has 54 valence electrons. The number of hydrogen-bond donors (Lipinski definition) is 1. The predicted octanol–water partition coefficient (Wildman–Crippen LogP) is 1.21. The van der Waals surface area contributed by atoms with Gasteiger partial charge in [0, 0.05) is 12.3 Å². The van der Waals surface area contributed by atoms with Gasteiger partial charge in [-0.15, -0.1) is 11.8 Å². The number of thioether (sulfide) groups is 1. The Labute approximate surface area is 55.0 Å². The second kappa shape index (κ2) is 2.38. The van der Waals surface area contributed by atoms with Gasteiger partial charge in [-0.05, 0) is 0 Å². The lowest BCUT2D eigenvalue weighted by atomic mass is 10.6. The minimum Gasteiger partial charge on any atom is -0.297 e. The molecule has 0 radical (unpaired) electrons. The molecule has 0 unspecified atom stereocenters. The van der Waals surface area contributed by atoms with E-state index in [0.717, 1.165) is 11.8 Å². The van der Waals surface area contributed by atoms with Gasteiger partial charge in [0.2, 0.25) is 0 Å². The zero-order chi connectivity index (χ0) is 6.91. The smallest absolute Gasteiger partial charge is 0.297 e. The molecule has 0 bridgehead atoms. The Morgan fingerprint density at radius 2 is 2.11 bits per heavy atom. The van der Waals surface area contributed by atoms with Crippen LogP contribution in [0.5, 0.6) is 0 Å². The van der Waals surface area contributed by atoms with Crippen molar-refractivity contribution in [3.63, 3.8) is 0 Å². The van der Waals surface area contributed by atoms with E-state index in [4.69, 9.17) is 0 Å². The van der Waals surface area contributed by atoms with Crippen molar-refractivity contribution in [2.75, 3.05) is 12.3 Å². The van der Waals surface area contributed by atoms with Gasteiger partial charge in [0.05, 0.1) is 0 Å². The van der Waals surface area contributed by atoms with Crippen molar-refractivity contribution in [1.82, 2.24) is 5.32 Å². The Bertz CT molecular complexity index is 96.5. The van der Waals surface area contributed by atoms with Crippen molar-refractivity contribution in [1.29, 1.82) is 0 Å². The normalized spacial score (nSPS) is 29.0. The van der Waals surface area contributed by atoms with Crippen molar-refractivity contribution in [2.45, 2.75) is 11.6 Å². The van der Waals surface area contributed by atoms with Crippen LogP contribution in [-0.2, 0) is 0 Å². The third-order valence-electron chi connectivity index (χ3n) is 1.01. The largest absolute Gasteiger partial charge is 0.413 e. The maximum absolute atomic E-state index is 11.7. The summed E-state index contributed by atoms with van der Waals surface area (Å²) < 4.78 is 35.0. The summed E-state index contributed by atoms with van der Waals surface area (Å²) in [5.41, 5.74) is 0. The van der Waals surface area contributed by atoms with Crippen LogP contribution in [0.15, 0.2) is 0 Å². The number of alkyl halides is 3. The molecular formula is C4H6F3NS. The van der Waals surface area contributed by atoms with Gasteiger partial charge >= 0.3 is 6.18 Å². The number of hydrogen-bond acceptors (Lipinski definition) is 2. The maximum Gasteiger partial charge on any atom is 0.413 e. The van der Waals surface area contributed by atoms with Gasteiger partial charge in [0.25, 0.3) is 0 Å². The third-order valence-corrected chi connectivity index (χ3v) is 2.22. The molecule has 5 heteroatoms. The molecule has 1 N–H and O–H groups in total. The molecule has 1 atom stereocenters. The topological polar surface area (TPSA) is 12.0 Å². The van der Waals surface area contributed by atoms with Crippen molar-refractivity contribution in [3.8, 4) is 0 Å². The summed E-state index contributed by atoms with van der Waals surface area (Å²) >= 11 is 0.913. The fourth-order valence-electron chi connectivity index (χ4n) is 0.636. The minimum absolute atomic E-state index is 0.467. The molecule has 1 heterocycles. The van der Waals surface area contributed by atoms with Gasteiger partial charge < -0.3 is 0 Å². The standard InChI is InChI=1S/C4H6F3NS/c5-4(6,7)3-8-1-2-9-3/h3,8H,1-2H2/t3-/m0/s1. The van der Waals surface area contributed by atoms with Crippen LogP contribution >= 0.6 is 11.8 Å². The third kappa shape index (κ3) is 1.76. The summed E-state index contributed by atoms with van der Waals surface area (Å²) in [7, 11) is 0. The highest BCUT2D eigenvalue weighted by atomic mass is 32.2. The van der Waals surface area contributed by atoms with Crippen LogP contribution in [0.3, 0.4) is 0 Å². The van der Waals surface area contributed by atoms with Gasteiger partial charge in [-0.1, -0.05) is 0 Å². The molecule has 0 saturated carbocycles. The van der Waals surface area contributed by atoms with Crippen molar-refractivity contribution < 1.29 is 13.2 Å². The lowest BCUT2D eigenvalue weighted by Crippen LogP contribution is -2.34. The monoisotopic (exact) mass is 157 g/mol. The van der Waals surface area contributed by atoms with E-state index in [0.29, 0.717) is 12.3 Å². The van der Waals surface area contributed by atoms with Crippen molar-refractivity contribution >= 4 is 11.8 Å². The summed E-state index contributed by atoms with van der Waals surface area (Å²) in [6, 6.07) is 0. The summed E-state index contributed by atoms with van der Waals surface area (Å²) in [5, 5.41) is 1.01. The van der Waals surface area contributed by atoms with Crippen LogP contribution < -0.4 is 5.32 Å². The summed E-state index contributed by atoms with van der Waals surface area (Å²) in [6.45, 7) is 0.467. The van der Waals surface area contributed by atoms with Gasteiger partial charge in [-0.2, -0.15) is 13.2 Å². The van der Waals surface area contributed by atoms with E-state index in [9.17, 15) is 13.2 Å². The minimum atomic E-state index is -4.07. The predicted molar refractivity (Wildman–Crippen MR) is 30.3 cm³/mol. The molecule has 1 aliphatic rings. The van der Waals surface area contributed by atoms with Gasteiger partial charge in [-0.3, -0.25) is 5.32 Å². The van der Waals surface area contributed by atoms with Crippen LogP contribution in [0.2, 0.25) is 0 Å². The zero-order valence-corrected chi connectivity index (χ0v) is 5.35. The highest BCUT2D eigenvalue weighted by Gasteiger charge is 2.41. The first-order chi connectivity index (χ1) is 4.11. The number of rotatable bonds is 0. The van der Waals surface area contributed by atoms with Gasteiger partial charge in [0.15, 0.2) is 5.37 Å². The van der Waals surface area contributed by atoms with E-state index in [-0.39, 0.29) is 0 Å². The van der Waals surface area contributed by atoms with E-state index in [1.165, 1.54) is 0 Å². The highest BCUT2D eigenvalue weighted by molar-refractivity contribution is 8.00. The molecule has 0 aromatic heterocycles. The molecule has 1 saturated heterocycles. The zero-order valence-electron chi connectivity index (χ0n) is 4.53. The van der Waals surface area contributed by atoms with Gasteiger partial charge in [-0.25, -0.2) is 0 Å². The lowest BCUT2D eigenvalue weighted by molar-refractivity contribution is -0.132. The van der Waals surface area contributed by atoms with Crippen LogP contribution in [0.4, 0.5) is 13.2 Å². The highest BCUT2D eigenvalue weighted by Crippen LogP contribution is 2.30. The molecular weight excluding hydrogens is 151 g/mol. The quantitative estimate of drug-likeness (QED) is 0.567. The fraction of sp³-hybridized carbons (Fsp3) is 1.00. The molecule has 1 nitrogen and oxygen atoms in total. The van der Waals surface area contributed by atoms with Crippen LogP contribution in [-0.4, -0.2) is 23.8 Å². The SMILES string of the molecule is FC(F)(F)[C@H]1NCCS1. The molecule has 1 aliphatic heterocycles. The number of halogens is 3. The molecule has 0 aliphatic carbocycles. The number of nitrogens with one attached hydrogen (secondary N) is 1. The fourth-order valence-corrected chi connectivity index (χ4v) is 1.53. The molecule has 0 aromatic carbocycles. The maximum atomic E-state index is 11.7. The van der Waals surface area contributed by atoms with E-state index < -0.39 is 11.6 Å².